The normalized spacial score (nSPS) is 17.0. The fourth-order valence-electron chi connectivity index (χ4n) is 3.86. The van der Waals surface area contributed by atoms with Gasteiger partial charge in [-0.3, -0.25) is 4.79 Å². The Balaban J connectivity index is 1.70. The first kappa shape index (κ1) is 23.6. The second kappa shape index (κ2) is 10.6. The molecule has 0 aliphatic carbocycles. The number of carbonyl (C=O) groups is 1. The number of amides is 1. The third-order valence-corrected chi connectivity index (χ3v) is 6.60. The molecule has 1 aliphatic rings. The molecule has 1 aliphatic heterocycles. The predicted octanol–water partition coefficient (Wildman–Crippen LogP) is 5.68. The molecule has 0 spiro atoms. The van der Waals surface area contributed by atoms with Crippen LogP contribution in [0.25, 0.3) is 17.1 Å². The molecule has 3 heterocycles. The third kappa shape index (κ3) is 5.14. The molecule has 0 saturated carbocycles. The maximum atomic E-state index is 13.9. The molecular weight excluding hydrogens is 458 g/mol. The van der Waals surface area contributed by atoms with E-state index in [1.54, 1.807) is 29.4 Å². The number of nitrogens with one attached hydrogen (secondary N) is 1. The first-order chi connectivity index (χ1) is 16.5. The summed E-state index contributed by atoms with van der Waals surface area (Å²) in [4.78, 5) is 17.7. The number of carbonyl (C=O) groups excluding carboxylic acids is 1. The fraction of sp³-hybridized carbons (Fsp3) is 0.200. The number of aliphatic hydroxyl groups is 1. The van der Waals surface area contributed by atoms with Crippen LogP contribution in [0.15, 0.2) is 78.9 Å². The number of aromatic nitrogens is 3. The Morgan fingerprint density at radius 3 is 2.79 bits per heavy atom. The highest BCUT2D eigenvalue weighted by Gasteiger charge is 2.35. The lowest BCUT2D eigenvalue weighted by Crippen LogP contribution is -2.29. The SMILES string of the molecule is C\C=C/C(=C\C=C\O)CCN1C(=O)CSC1c1cn(-c2cc(F)cc(F)c2)nc1-c1ccc[nH]1. The highest BCUT2D eigenvalue weighted by Crippen LogP contribution is 2.42. The molecule has 6 nitrogen and oxygen atoms in total. The number of thioether (sulfide) groups is 1. The average molecular weight is 483 g/mol. The van der Waals surface area contributed by atoms with Gasteiger partial charge in [-0.15, -0.1) is 11.8 Å². The number of nitrogens with zero attached hydrogens (tertiary/aromatic N) is 3. The predicted molar refractivity (Wildman–Crippen MR) is 129 cm³/mol. The summed E-state index contributed by atoms with van der Waals surface area (Å²) in [6, 6.07) is 6.95. The van der Waals surface area contributed by atoms with Crippen molar-refractivity contribution in [2.24, 2.45) is 0 Å². The summed E-state index contributed by atoms with van der Waals surface area (Å²) in [6.07, 6.45) is 12.2. The highest BCUT2D eigenvalue weighted by molar-refractivity contribution is 8.00. The van der Waals surface area contributed by atoms with Crippen LogP contribution in [0.5, 0.6) is 0 Å². The Morgan fingerprint density at radius 1 is 1.32 bits per heavy atom. The highest BCUT2D eigenvalue weighted by atomic mass is 32.2. The van der Waals surface area contributed by atoms with Gasteiger partial charge in [0.1, 0.15) is 22.7 Å². The van der Waals surface area contributed by atoms with E-state index in [2.05, 4.69) is 10.1 Å². The molecule has 34 heavy (non-hydrogen) atoms. The summed E-state index contributed by atoms with van der Waals surface area (Å²) in [5.41, 5.74) is 3.35. The van der Waals surface area contributed by atoms with Gasteiger partial charge in [-0.2, -0.15) is 5.10 Å². The Labute approximate surface area is 200 Å². The first-order valence-electron chi connectivity index (χ1n) is 10.7. The van der Waals surface area contributed by atoms with Gasteiger partial charge < -0.3 is 15.0 Å². The van der Waals surface area contributed by atoms with Crippen molar-refractivity contribution in [1.82, 2.24) is 19.7 Å². The van der Waals surface area contributed by atoms with Gasteiger partial charge in [-0.05, 0) is 49.3 Å². The minimum absolute atomic E-state index is 0.00881. The first-order valence-corrected chi connectivity index (χ1v) is 11.8. The van der Waals surface area contributed by atoms with Crippen molar-refractivity contribution in [2.75, 3.05) is 12.3 Å². The number of rotatable bonds is 8. The van der Waals surface area contributed by atoms with Crippen LogP contribution >= 0.6 is 11.8 Å². The lowest BCUT2D eigenvalue weighted by molar-refractivity contribution is -0.128. The fourth-order valence-corrected chi connectivity index (χ4v) is 5.09. The van der Waals surface area contributed by atoms with Gasteiger partial charge in [0.15, 0.2) is 0 Å². The Bertz CT molecular complexity index is 1230. The molecule has 1 fully saturated rings. The lowest BCUT2D eigenvalue weighted by Gasteiger charge is -2.24. The zero-order chi connectivity index (χ0) is 24.1. The summed E-state index contributed by atoms with van der Waals surface area (Å²) in [7, 11) is 0. The van der Waals surface area contributed by atoms with E-state index in [9.17, 15) is 13.6 Å². The van der Waals surface area contributed by atoms with E-state index >= 15 is 0 Å². The van der Waals surface area contributed by atoms with Gasteiger partial charge in [-0.25, -0.2) is 13.5 Å². The van der Waals surface area contributed by atoms with Crippen molar-refractivity contribution in [3.63, 3.8) is 0 Å². The molecule has 1 saturated heterocycles. The monoisotopic (exact) mass is 482 g/mol. The Morgan fingerprint density at radius 2 is 2.12 bits per heavy atom. The van der Waals surface area contributed by atoms with E-state index < -0.39 is 11.6 Å². The van der Waals surface area contributed by atoms with Crippen LogP contribution in [0.1, 0.15) is 24.3 Å². The van der Waals surface area contributed by atoms with E-state index in [1.807, 2.05) is 31.2 Å². The minimum Gasteiger partial charge on any atom is -0.516 e. The number of allylic oxidation sites excluding steroid dienone is 4. The Hall–Kier alpha value is -3.59. The van der Waals surface area contributed by atoms with Crippen molar-refractivity contribution in [1.29, 1.82) is 0 Å². The Kier molecular flexibility index (Phi) is 7.32. The number of hydrogen-bond acceptors (Lipinski definition) is 4. The van der Waals surface area contributed by atoms with E-state index in [1.165, 1.54) is 28.6 Å². The minimum atomic E-state index is -0.694. The molecule has 176 valence electrons. The molecule has 1 atom stereocenters. The van der Waals surface area contributed by atoms with Crippen LogP contribution < -0.4 is 0 Å². The van der Waals surface area contributed by atoms with Crippen LogP contribution in [0.2, 0.25) is 0 Å². The summed E-state index contributed by atoms with van der Waals surface area (Å²) < 4.78 is 29.2. The number of halogens is 2. The van der Waals surface area contributed by atoms with Crippen molar-refractivity contribution >= 4 is 17.7 Å². The van der Waals surface area contributed by atoms with Crippen LogP contribution in [0.3, 0.4) is 0 Å². The van der Waals surface area contributed by atoms with Gasteiger partial charge in [-0.1, -0.05) is 18.2 Å². The summed E-state index contributed by atoms with van der Waals surface area (Å²) in [6.45, 7) is 2.37. The second-order valence-electron chi connectivity index (χ2n) is 7.67. The zero-order valence-electron chi connectivity index (χ0n) is 18.5. The molecule has 2 aromatic heterocycles. The van der Waals surface area contributed by atoms with Gasteiger partial charge >= 0.3 is 0 Å². The number of benzene rings is 1. The van der Waals surface area contributed by atoms with Gasteiger partial charge in [0.25, 0.3) is 0 Å². The molecule has 4 rings (SSSR count). The number of aliphatic hydroxyl groups excluding tert-OH is 1. The van der Waals surface area contributed by atoms with E-state index in [0.29, 0.717) is 24.4 Å². The second-order valence-corrected chi connectivity index (χ2v) is 8.74. The van der Waals surface area contributed by atoms with E-state index in [-0.39, 0.29) is 17.0 Å². The molecule has 1 aromatic carbocycles. The summed E-state index contributed by atoms with van der Waals surface area (Å²) >= 11 is 1.49. The van der Waals surface area contributed by atoms with E-state index in [4.69, 9.17) is 5.11 Å². The van der Waals surface area contributed by atoms with Gasteiger partial charge in [0.05, 0.1) is 23.4 Å². The zero-order valence-corrected chi connectivity index (χ0v) is 19.3. The maximum absolute atomic E-state index is 13.9. The number of aromatic amines is 1. The number of hydrogen-bond donors (Lipinski definition) is 2. The molecule has 0 radical (unpaired) electrons. The van der Waals surface area contributed by atoms with Crippen molar-refractivity contribution < 1.29 is 18.7 Å². The van der Waals surface area contributed by atoms with Crippen molar-refractivity contribution in [3.8, 4) is 17.1 Å². The van der Waals surface area contributed by atoms with Crippen LogP contribution in [0, 0.1) is 11.6 Å². The molecule has 1 unspecified atom stereocenters. The van der Waals surface area contributed by atoms with Gasteiger partial charge in [0, 0.05) is 30.6 Å². The average Bonchev–Trinajstić information content (AvgIpc) is 3.54. The third-order valence-electron chi connectivity index (χ3n) is 5.36. The van der Waals surface area contributed by atoms with Crippen LogP contribution in [-0.2, 0) is 4.79 Å². The summed E-state index contributed by atoms with van der Waals surface area (Å²) in [5, 5.41) is 13.3. The molecule has 3 aromatic rings. The molecule has 0 bridgehead atoms. The quantitative estimate of drug-likeness (QED) is 0.320. The largest absolute Gasteiger partial charge is 0.516 e. The standard InChI is InChI=1S/C25H24F2N4O2S/c1-2-5-17(6-4-11-32)8-10-30-23(33)16-34-25(30)21-15-31(20-13-18(26)12-19(27)14-20)29-24(21)22-7-3-9-28-22/h2-7,9,11-15,25,28,32H,8,10,16H2,1H3/b5-2-,11-4+,17-6+. The summed E-state index contributed by atoms with van der Waals surface area (Å²) in [5.74, 6) is -1.05. The van der Waals surface area contributed by atoms with Crippen LogP contribution in [0.4, 0.5) is 8.78 Å². The smallest absolute Gasteiger partial charge is 0.233 e. The molecular formula is C25H24F2N4O2S. The molecule has 9 heteroatoms. The van der Waals surface area contributed by atoms with E-state index in [0.717, 1.165) is 29.2 Å². The topological polar surface area (TPSA) is 74.2 Å². The van der Waals surface area contributed by atoms with Gasteiger partial charge in [0.2, 0.25) is 5.91 Å². The number of H-pyrrole nitrogens is 1. The maximum Gasteiger partial charge on any atom is 0.233 e. The molecule has 1 amide bonds. The van der Waals surface area contributed by atoms with Crippen LogP contribution in [-0.4, -0.2) is 43.0 Å². The van der Waals surface area contributed by atoms with Crippen molar-refractivity contribution in [2.45, 2.75) is 18.7 Å². The molecule has 2 N–H and O–H groups in total. The van der Waals surface area contributed by atoms with Crippen molar-refractivity contribution in [3.05, 3.63) is 96.1 Å². The lowest BCUT2D eigenvalue weighted by atomic mass is 10.1.